The van der Waals surface area contributed by atoms with Crippen molar-refractivity contribution >= 4 is 17.5 Å². The molecule has 0 saturated heterocycles. The van der Waals surface area contributed by atoms with Gasteiger partial charge in [0.25, 0.3) is 5.91 Å². The third kappa shape index (κ3) is 3.88. The van der Waals surface area contributed by atoms with Crippen molar-refractivity contribution in [2.24, 2.45) is 5.41 Å². The Morgan fingerprint density at radius 2 is 2.10 bits per heavy atom. The second-order valence-corrected chi connectivity index (χ2v) is 5.99. The van der Waals surface area contributed by atoms with Crippen LogP contribution in [-0.2, 0) is 0 Å². The van der Waals surface area contributed by atoms with Crippen LogP contribution in [0, 0.1) is 11.2 Å². The first-order valence-electron chi connectivity index (χ1n) is 7.28. The van der Waals surface area contributed by atoms with Crippen molar-refractivity contribution in [1.29, 1.82) is 0 Å². The lowest BCUT2D eigenvalue weighted by Gasteiger charge is -2.35. The fourth-order valence-corrected chi connectivity index (χ4v) is 3.19. The summed E-state index contributed by atoms with van der Waals surface area (Å²) in [5.41, 5.74) is -0.00497. The van der Waals surface area contributed by atoms with Crippen LogP contribution in [0.15, 0.2) is 18.2 Å². The predicted octanol–water partition coefficient (Wildman–Crippen LogP) is 3.75. The van der Waals surface area contributed by atoms with E-state index in [4.69, 9.17) is 16.3 Å². The summed E-state index contributed by atoms with van der Waals surface area (Å²) in [4.78, 5) is 12.1. The average Bonchev–Trinajstić information content (AvgIpc) is 2.53. The molecule has 1 aromatic carbocycles. The van der Waals surface area contributed by atoms with Gasteiger partial charge in [0, 0.05) is 23.9 Å². The number of methoxy groups -OCH3 is 1. The van der Waals surface area contributed by atoms with Crippen molar-refractivity contribution in [2.45, 2.75) is 32.1 Å². The Hall–Kier alpha value is -1.29. The number of alkyl halides is 1. The molecule has 0 aromatic heterocycles. The van der Waals surface area contributed by atoms with E-state index >= 15 is 0 Å². The minimum Gasteiger partial charge on any atom is -0.497 e. The van der Waals surface area contributed by atoms with Crippen molar-refractivity contribution in [1.82, 2.24) is 5.32 Å². The molecule has 1 aliphatic rings. The molecule has 1 fully saturated rings. The number of benzene rings is 1. The predicted molar refractivity (Wildman–Crippen MR) is 81.5 cm³/mol. The molecule has 1 aliphatic carbocycles. The summed E-state index contributed by atoms with van der Waals surface area (Å²) >= 11 is 6.10. The van der Waals surface area contributed by atoms with Crippen molar-refractivity contribution in [3.05, 3.63) is 29.6 Å². The molecule has 1 aromatic rings. The molecule has 2 rings (SSSR count). The molecular formula is C16H21ClFNO2. The minimum atomic E-state index is -0.574. The lowest BCUT2D eigenvalue weighted by atomic mass is 9.75. The third-order valence-electron chi connectivity index (χ3n) is 4.24. The van der Waals surface area contributed by atoms with Crippen LogP contribution >= 0.6 is 11.6 Å². The van der Waals surface area contributed by atoms with Crippen LogP contribution in [-0.4, -0.2) is 25.4 Å². The van der Waals surface area contributed by atoms with E-state index in [1.807, 2.05) is 0 Å². The Morgan fingerprint density at radius 1 is 1.38 bits per heavy atom. The van der Waals surface area contributed by atoms with Crippen LogP contribution in [0.5, 0.6) is 5.75 Å². The molecular weight excluding hydrogens is 293 g/mol. The van der Waals surface area contributed by atoms with Gasteiger partial charge in [-0.2, -0.15) is 0 Å². The summed E-state index contributed by atoms with van der Waals surface area (Å²) in [6, 6.07) is 4.24. The first-order valence-corrected chi connectivity index (χ1v) is 7.81. The van der Waals surface area contributed by atoms with Gasteiger partial charge in [0.2, 0.25) is 0 Å². The number of hydrogen-bond donors (Lipinski definition) is 1. The number of carbonyl (C=O) groups excluding carboxylic acids is 1. The van der Waals surface area contributed by atoms with Crippen LogP contribution in [0.2, 0.25) is 0 Å². The molecule has 21 heavy (non-hydrogen) atoms. The van der Waals surface area contributed by atoms with E-state index in [9.17, 15) is 9.18 Å². The van der Waals surface area contributed by atoms with Crippen molar-refractivity contribution < 1.29 is 13.9 Å². The highest BCUT2D eigenvalue weighted by atomic mass is 35.5. The van der Waals surface area contributed by atoms with Gasteiger partial charge in [0.05, 0.1) is 12.7 Å². The van der Waals surface area contributed by atoms with Crippen LogP contribution < -0.4 is 10.1 Å². The maximum atomic E-state index is 13.9. The number of rotatable bonds is 5. The second kappa shape index (κ2) is 7.12. The highest BCUT2D eigenvalue weighted by Crippen LogP contribution is 2.36. The smallest absolute Gasteiger partial charge is 0.254 e. The first kappa shape index (κ1) is 16.1. The lowest BCUT2D eigenvalue weighted by Crippen LogP contribution is -2.40. The number of ether oxygens (including phenoxy) is 1. The topological polar surface area (TPSA) is 38.3 Å². The molecule has 1 saturated carbocycles. The van der Waals surface area contributed by atoms with E-state index in [0.29, 0.717) is 18.2 Å². The normalized spacial score (nSPS) is 17.3. The SMILES string of the molecule is COc1ccc(C(=O)NCC2(CCl)CCCCC2)c(F)c1. The van der Waals surface area contributed by atoms with E-state index in [2.05, 4.69) is 5.32 Å². The molecule has 5 heteroatoms. The van der Waals surface area contributed by atoms with Gasteiger partial charge >= 0.3 is 0 Å². The van der Waals surface area contributed by atoms with Gasteiger partial charge in [0.15, 0.2) is 0 Å². The van der Waals surface area contributed by atoms with Gasteiger partial charge in [-0.1, -0.05) is 19.3 Å². The Bertz CT molecular complexity index is 501. The number of carbonyl (C=O) groups is 1. The monoisotopic (exact) mass is 313 g/mol. The highest BCUT2D eigenvalue weighted by molar-refractivity contribution is 6.18. The summed E-state index contributed by atoms with van der Waals surface area (Å²) in [7, 11) is 1.46. The van der Waals surface area contributed by atoms with Gasteiger partial charge < -0.3 is 10.1 Å². The average molecular weight is 314 g/mol. The van der Waals surface area contributed by atoms with Crippen molar-refractivity contribution in [2.75, 3.05) is 19.5 Å². The molecule has 0 unspecified atom stereocenters. The lowest BCUT2D eigenvalue weighted by molar-refractivity contribution is 0.0917. The Kier molecular flexibility index (Phi) is 5.45. The van der Waals surface area contributed by atoms with Crippen LogP contribution in [0.25, 0.3) is 0 Å². The summed E-state index contributed by atoms with van der Waals surface area (Å²) < 4.78 is 18.8. The molecule has 0 spiro atoms. The van der Waals surface area contributed by atoms with Gasteiger partial charge in [-0.3, -0.25) is 4.79 Å². The molecule has 0 bridgehead atoms. The standard InChI is InChI=1S/C16H21ClFNO2/c1-21-12-5-6-13(14(18)9-12)15(20)19-11-16(10-17)7-3-2-4-8-16/h5-6,9H,2-4,7-8,10-11H2,1H3,(H,19,20). The van der Waals surface area contributed by atoms with Gasteiger partial charge in [-0.05, 0) is 25.0 Å². The van der Waals surface area contributed by atoms with Crippen molar-refractivity contribution in [3.63, 3.8) is 0 Å². The van der Waals surface area contributed by atoms with E-state index < -0.39 is 11.7 Å². The van der Waals surface area contributed by atoms with Gasteiger partial charge in [0.1, 0.15) is 11.6 Å². The van der Waals surface area contributed by atoms with Gasteiger partial charge in [-0.15, -0.1) is 11.6 Å². The summed E-state index contributed by atoms with van der Waals surface area (Å²) in [6.45, 7) is 0.501. The number of halogens is 2. The Balaban J connectivity index is 2.01. The van der Waals surface area contributed by atoms with Gasteiger partial charge in [-0.25, -0.2) is 4.39 Å². The second-order valence-electron chi connectivity index (χ2n) is 5.72. The Morgan fingerprint density at radius 3 is 2.67 bits per heavy atom. The molecule has 0 aliphatic heterocycles. The largest absolute Gasteiger partial charge is 0.497 e. The number of nitrogens with one attached hydrogen (secondary N) is 1. The highest BCUT2D eigenvalue weighted by Gasteiger charge is 2.31. The quantitative estimate of drug-likeness (QED) is 0.841. The fourth-order valence-electron chi connectivity index (χ4n) is 2.83. The Labute approximate surface area is 129 Å². The fraction of sp³-hybridized carbons (Fsp3) is 0.562. The van der Waals surface area contributed by atoms with Crippen LogP contribution in [0.1, 0.15) is 42.5 Å². The minimum absolute atomic E-state index is 0.0383. The summed E-state index contributed by atoms with van der Waals surface area (Å²) in [6.07, 6.45) is 5.53. The molecule has 0 radical (unpaired) electrons. The molecule has 0 atom stereocenters. The maximum absolute atomic E-state index is 13.9. The van der Waals surface area contributed by atoms with E-state index in [-0.39, 0.29) is 11.0 Å². The molecule has 3 nitrogen and oxygen atoms in total. The first-order chi connectivity index (χ1) is 10.1. The van der Waals surface area contributed by atoms with Crippen LogP contribution in [0.4, 0.5) is 4.39 Å². The van der Waals surface area contributed by atoms with E-state index in [1.54, 1.807) is 6.07 Å². The number of amides is 1. The molecule has 1 amide bonds. The van der Waals surface area contributed by atoms with Crippen LogP contribution in [0.3, 0.4) is 0 Å². The molecule has 1 N–H and O–H groups in total. The zero-order valence-corrected chi connectivity index (χ0v) is 13.0. The summed E-state index contributed by atoms with van der Waals surface area (Å²) in [5.74, 6) is -0.0487. The molecule has 116 valence electrons. The number of hydrogen-bond acceptors (Lipinski definition) is 2. The van der Waals surface area contributed by atoms with Crippen molar-refractivity contribution in [3.8, 4) is 5.75 Å². The molecule has 0 heterocycles. The maximum Gasteiger partial charge on any atom is 0.254 e. The zero-order chi connectivity index (χ0) is 15.3. The zero-order valence-electron chi connectivity index (χ0n) is 12.3. The van der Waals surface area contributed by atoms with E-state index in [0.717, 1.165) is 25.7 Å². The van der Waals surface area contributed by atoms with E-state index in [1.165, 1.54) is 25.7 Å². The summed E-state index contributed by atoms with van der Waals surface area (Å²) in [5, 5.41) is 2.83. The third-order valence-corrected chi connectivity index (χ3v) is 4.81.